The van der Waals surface area contributed by atoms with Crippen molar-refractivity contribution >= 4 is 12.0 Å². The van der Waals surface area contributed by atoms with Gasteiger partial charge in [0.1, 0.15) is 0 Å². The van der Waals surface area contributed by atoms with E-state index in [0.29, 0.717) is 39.0 Å². The number of carbonyl (C=O) groups excluding carboxylic acids is 1. The number of carboxylic acid groups (broad SMARTS) is 1. The van der Waals surface area contributed by atoms with Gasteiger partial charge in [0.2, 0.25) is 0 Å². The summed E-state index contributed by atoms with van der Waals surface area (Å²) < 4.78 is 11.0. The van der Waals surface area contributed by atoms with Crippen molar-refractivity contribution in [2.75, 3.05) is 32.8 Å². The first-order valence-electron chi connectivity index (χ1n) is 7.63. The molecule has 1 saturated carbocycles. The van der Waals surface area contributed by atoms with Gasteiger partial charge < -0.3 is 24.8 Å². The minimum absolute atomic E-state index is 0.0748. The fraction of sp³-hybridized carbons (Fsp3) is 0.857. The summed E-state index contributed by atoms with van der Waals surface area (Å²) in [6, 6.07) is -0.177. The summed E-state index contributed by atoms with van der Waals surface area (Å²) in [5.41, 5.74) is 0. The minimum atomic E-state index is -0.910. The summed E-state index contributed by atoms with van der Waals surface area (Å²) in [4.78, 5) is 24.3. The van der Waals surface area contributed by atoms with E-state index in [4.69, 9.17) is 14.6 Å². The number of hydrogen-bond donors (Lipinski definition) is 2. The summed E-state index contributed by atoms with van der Waals surface area (Å²) in [5.74, 6) is -0.910. The van der Waals surface area contributed by atoms with Crippen LogP contribution in [0.3, 0.4) is 0 Å². The van der Waals surface area contributed by atoms with E-state index in [1.165, 1.54) is 12.8 Å². The maximum Gasteiger partial charge on any atom is 0.317 e. The first-order valence-corrected chi connectivity index (χ1v) is 7.63. The van der Waals surface area contributed by atoms with Crippen LogP contribution in [0.2, 0.25) is 0 Å². The van der Waals surface area contributed by atoms with Crippen LogP contribution in [0.4, 0.5) is 4.79 Å². The Morgan fingerprint density at radius 3 is 2.81 bits per heavy atom. The Hall–Kier alpha value is -1.34. The number of carboxylic acids is 1. The van der Waals surface area contributed by atoms with Crippen LogP contribution in [0.1, 0.15) is 32.1 Å². The Bertz CT molecular complexity index is 357. The summed E-state index contributed by atoms with van der Waals surface area (Å²) >= 11 is 0. The van der Waals surface area contributed by atoms with Crippen LogP contribution in [-0.4, -0.2) is 67.1 Å². The van der Waals surface area contributed by atoms with Crippen LogP contribution in [0.5, 0.6) is 0 Å². The lowest BCUT2D eigenvalue weighted by atomic mass is 10.2. The normalized spacial score (nSPS) is 23.2. The molecule has 21 heavy (non-hydrogen) atoms. The zero-order valence-corrected chi connectivity index (χ0v) is 12.3. The van der Waals surface area contributed by atoms with Gasteiger partial charge in [0.15, 0.2) is 0 Å². The lowest BCUT2D eigenvalue weighted by Crippen LogP contribution is -2.50. The van der Waals surface area contributed by atoms with Crippen LogP contribution in [0.25, 0.3) is 0 Å². The summed E-state index contributed by atoms with van der Waals surface area (Å²) in [5, 5.41) is 11.6. The zero-order valence-electron chi connectivity index (χ0n) is 12.3. The predicted molar refractivity (Wildman–Crippen MR) is 75.2 cm³/mol. The molecule has 0 aromatic heterocycles. The Morgan fingerprint density at radius 1 is 1.33 bits per heavy atom. The van der Waals surface area contributed by atoms with Crippen LogP contribution >= 0.6 is 0 Å². The van der Waals surface area contributed by atoms with Crippen molar-refractivity contribution in [3.8, 4) is 0 Å². The van der Waals surface area contributed by atoms with Gasteiger partial charge in [-0.3, -0.25) is 4.79 Å². The highest BCUT2D eigenvalue weighted by molar-refractivity contribution is 5.74. The van der Waals surface area contributed by atoms with E-state index in [2.05, 4.69) is 5.32 Å². The molecule has 1 atom stereocenters. The molecule has 1 unspecified atom stereocenters. The molecule has 120 valence electrons. The molecule has 2 fully saturated rings. The Balaban J connectivity index is 1.61. The molecule has 0 radical (unpaired) electrons. The second-order valence-electron chi connectivity index (χ2n) is 5.55. The molecule has 2 amide bonds. The van der Waals surface area contributed by atoms with E-state index >= 15 is 0 Å². The maximum atomic E-state index is 12.0. The van der Waals surface area contributed by atoms with Gasteiger partial charge in [0.05, 0.1) is 31.8 Å². The predicted octanol–water partition coefficient (Wildman–Crippen LogP) is 0.831. The monoisotopic (exact) mass is 300 g/mol. The van der Waals surface area contributed by atoms with E-state index in [9.17, 15) is 9.59 Å². The van der Waals surface area contributed by atoms with Crippen molar-refractivity contribution in [2.45, 2.75) is 44.3 Å². The van der Waals surface area contributed by atoms with Gasteiger partial charge in [0, 0.05) is 19.6 Å². The maximum absolute atomic E-state index is 12.0. The first-order chi connectivity index (χ1) is 10.1. The van der Waals surface area contributed by atoms with E-state index in [1.807, 2.05) is 0 Å². The number of ether oxygens (including phenoxy) is 2. The largest absolute Gasteiger partial charge is 0.481 e. The quantitative estimate of drug-likeness (QED) is 0.709. The molecule has 2 aliphatic rings. The van der Waals surface area contributed by atoms with Crippen molar-refractivity contribution in [3.05, 3.63) is 0 Å². The molecule has 0 spiro atoms. The molecule has 0 aromatic rings. The first kappa shape index (κ1) is 16.0. The van der Waals surface area contributed by atoms with E-state index < -0.39 is 12.1 Å². The molecule has 0 aromatic carbocycles. The van der Waals surface area contributed by atoms with Gasteiger partial charge in [-0.05, 0) is 12.8 Å². The number of urea groups is 1. The zero-order chi connectivity index (χ0) is 15.1. The summed E-state index contributed by atoms with van der Waals surface area (Å²) in [6.07, 6.45) is 4.56. The second kappa shape index (κ2) is 8.19. The molecule has 1 aliphatic heterocycles. The molecule has 2 N–H and O–H groups in total. The highest BCUT2D eigenvalue weighted by Gasteiger charge is 2.25. The molecule has 1 heterocycles. The lowest BCUT2D eigenvalue weighted by molar-refractivity contribution is -0.141. The van der Waals surface area contributed by atoms with Crippen LogP contribution in [0.15, 0.2) is 0 Å². The SMILES string of the molecule is O=C(O)CC1CN(C(=O)NCCOC2CCCC2)CCO1. The summed E-state index contributed by atoms with van der Waals surface area (Å²) in [7, 11) is 0. The van der Waals surface area contributed by atoms with Gasteiger partial charge in [-0.15, -0.1) is 0 Å². The molecule has 0 bridgehead atoms. The molecule has 7 heteroatoms. The fourth-order valence-electron chi connectivity index (χ4n) is 2.77. The van der Waals surface area contributed by atoms with Crippen molar-refractivity contribution in [1.82, 2.24) is 10.2 Å². The van der Waals surface area contributed by atoms with Gasteiger partial charge in [-0.1, -0.05) is 12.8 Å². The number of carbonyl (C=O) groups is 2. The smallest absolute Gasteiger partial charge is 0.317 e. The van der Waals surface area contributed by atoms with Crippen molar-refractivity contribution in [2.24, 2.45) is 0 Å². The average Bonchev–Trinajstić information content (AvgIpc) is 2.96. The number of nitrogens with zero attached hydrogens (tertiary/aromatic N) is 1. The minimum Gasteiger partial charge on any atom is -0.481 e. The topological polar surface area (TPSA) is 88.1 Å². The Morgan fingerprint density at radius 2 is 2.10 bits per heavy atom. The van der Waals surface area contributed by atoms with Gasteiger partial charge in [-0.25, -0.2) is 4.79 Å². The van der Waals surface area contributed by atoms with Crippen LogP contribution < -0.4 is 5.32 Å². The number of amides is 2. The van der Waals surface area contributed by atoms with Crippen molar-refractivity contribution in [1.29, 1.82) is 0 Å². The molecule has 2 rings (SSSR count). The highest BCUT2D eigenvalue weighted by atomic mass is 16.5. The number of aliphatic carboxylic acids is 1. The molecule has 1 aliphatic carbocycles. The number of rotatable bonds is 6. The van der Waals surface area contributed by atoms with Crippen LogP contribution in [0, 0.1) is 0 Å². The number of nitrogens with one attached hydrogen (secondary N) is 1. The molecular formula is C14H24N2O5. The number of morpholine rings is 1. The highest BCUT2D eigenvalue weighted by Crippen LogP contribution is 2.20. The average molecular weight is 300 g/mol. The van der Waals surface area contributed by atoms with Gasteiger partial charge in [-0.2, -0.15) is 0 Å². The third-order valence-electron chi connectivity index (χ3n) is 3.86. The van der Waals surface area contributed by atoms with E-state index in [0.717, 1.165) is 12.8 Å². The van der Waals surface area contributed by atoms with E-state index in [1.54, 1.807) is 4.90 Å². The number of hydrogen-bond acceptors (Lipinski definition) is 4. The Kier molecular flexibility index (Phi) is 6.25. The van der Waals surface area contributed by atoms with Crippen molar-refractivity contribution in [3.63, 3.8) is 0 Å². The second-order valence-corrected chi connectivity index (χ2v) is 5.55. The molecule has 1 saturated heterocycles. The van der Waals surface area contributed by atoms with Crippen LogP contribution in [-0.2, 0) is 14.3 Å². The Labute approximate surface area is 124 Å². The molecular weight excluding hydrogens is 276 g/mol. The third kappa shape index (κ3) is 5.51. The third-order valence-corrected chi connectivity index (χ3v) is 3.86. The van der Waals surface area contributed by atoms with Crippen molar-refractivity contribution < 1.29 is 24.2 Å². The van der Waals surface area contributed by atoms with Gasteiger partial charge in [0.25, 0.3) is 0 Å². The fourth-order valence-corrected chi connectivity index (χ4v) is 2.77. The van der Waals surface area contributed by atoms with E-state index in [-0.39, 0.29) is 12.5 Å². The summed E-state index contributed by atoms with van der Waals surface area (Å²) in [6.45, 7) is 2.20. The van der Waals surface area contributed by atoms with Gasteiger partial charge >= 0.3 is 12.0 Å². The standard InChI is InChI=1S/C14H24N2O5/c17-13(18)9-12-10-16(6-8-21-12)14(19)15-5-7-20-11-3-1-2-4-11/h11-12H,1-10H2,(H,15,19)(H,17,18). The lowest BCUT2D eigenvalue weighted by Gasteiger charge is -2.32. The molecule has 7 nitrogen and oxygen atoms in total.